The summed E-state index contributed by atoms with van der Waals surface area (Å²) in [7, 11) is 1.65. The number of likely N-dealkylation sites (N-methyl/N-ethyl adjacent to an activating group) is 1. The van der Waals surface area contributed by atoms with E-state index in [9.17, 15) is 38.7 Å². The lowest BCUT2D eigenvalue weighted by Gasteiger charge is -2.37. The Morgan fingerprint density at radius 1 is 0.724 bits per heavy atom. The van der Waals surface area contributed by atoms with Crippen LogP contribution in [0.4, 0.5) is 0 Å². The number of nitrogens with zero attached hydrogens (tertiary/aromatic N) is 1. The van der Waals surface area contributed by atoms with Gasteiger partial charge in [-0.1, -0.05) is 135 Å². The molecule has 0 radical (unpaired) electrons. The second-order valence-corrected chi connectivity index (χ2v) is 21.6. The van der Waals surface area contributed by atoms with Crippen molar-refractivity contribution in [3.05, 3.63) is 0 Å². The summed E-state index contributed by atoms with van der Waals surface area (Å²) in [5, 5.41) is 16.7. The lowest BCUT2D eigenvalue weighted by atomic mass is 9.69. The molecule has 2 aliphatic carbocycles. The minimum Gasteiger partial charge on any atom is -0.481 e. The molecule has 6 atom stereocenters. The predicted molar refractivity (Wildman–Crippen MR) is 229 cm³/mol. The van der Waals surface area contributed by atoms with Crippen LogP contribution < -0.4 is 10.6 Å². The Kier molecular flexibility index (Phi) is 18.4. The topological polar surface area (TPSA) is 167 Å². The monoisotopic (exact) mass is 816 g/mol. The van der Waals surface area contributed by atoms with E-state index in [4.69, 9.17) is 0 Å². The highest BCUT2D eigenvalue weighted by Crippen LogP contribution is 2.47. The first kappa shape index (κ1) is 51.0. The number of carbonyl (C=O) groups excluding carboxylic acids is 6. The fourth-order valence-corrected chi connectivity index (χ4v) is 9.46. The summed E-state index contributed by atoms with van der Waals surface area (Å²) < 4.78 is 0. The van der Waals surface area contributed by atoms with Gasteiger partial charge in [-0.2, -0.15) is 0 Å². The van der Waals surface area contributed by atoms with Crippen LogP contribution in [-0.4, -0.2) is 76.2 Å². The number of Topliss-reactive ketones (excluding diaryl/α,β-unsaturated/α-hetero) is 3. The molecule has 3 amide bonds. The van der Waals surface area contributed by atoms with Crippen LogP contribution in [0.5, 0.6) is 0 Å². The van der Waals surface area contributed by atoms with E-state index in [2.05, 4.69) is 10.6 Å². The summed E-state index contributed by atoms with van der Waals surface area (Å²) in [6, 6.07) is -2.19. The molecule has 3 N–H and O–H groups in total. The highest BCUT2D eigenvalue weighted by atomic mass is 16.4. The number of nitrogens with one attached hydrogen (secondary N) is 2. The molecule has 2 aliphatic rings. The van der Waals surface area contributed by atoms with Crippen molar-refractivity contribution in [3.8, 4) is 0 Å². The summed E-state index contributed by atoms with van der Waals surface area (Å²) in [4.78, 5) is 99.4. The van der Waals surface area contributed by atoms with Crippen LogP contribution in [0, 0.1) is 51.2 Å². The van der Waals surface area contributed by atoms with Gasteiger partial charge in [0, 0.05) is 49.6 Å². The Hall–Kier alpha value is -3.11. The number of hydrogen-bond acceptors (Lipinski definition) is 7. The zero-order chi connectivity index (χ0) is 44.6. The van der Waals surface area contributed by atoms with Gasteiger partial charge < -0.3 is 20.6 Å². The number of amides is 3. The first-order valence-electron chi connectivity index (χ1n) is 22.3. The number of aliphatic carboxylic acids is 1. The van der Waals surface area contributed by atoms with Crippen LogP contribution in [0.25, 0.3) is 0 Å². The number of hydrogen-bond donors (Lipinski definition) is 3. The Balaban J connectivity index is 2.48. The predicted octanol–water partition coefficient (Wildman–Crippen LogP) is 8.35. The van der Waals surface area contributed by atoms with Gasteiger partial charge in [0.1, 0.15) is 17.6 Å². The normalized spacial score (nSPS) is 19.6. The molecule has 11 heteroatoms. The molecule has 332 valence electrons. The van der Waals surface area contributed by atoms with Crippen molar-refractivity contribution in [2.75, 3.05) is 7.05 Å². The van der Waals surface area contributed by atoms with E-state index in [-0.39, 0.29) is 60.7 Å². The number of carboxylic acid groups (broad SMARTS) is 1. The summed E-state index contributed by atoms with van der Waals surface area (Å²) in [5.74, 6) is -5.79. The van der Waals surface area contributed by atoms with Gasteiger partial charge in [0.05, 0.1) is 17.4 Å². The Morgan fingerprint density at radius 2 is 1.28 bits per heavy atom. The molecule has 0 bridgehead atoms. The Labute approximate surface area is 350 Å². The summed E-state index contributed by atoms with van der Waals surface area (Å²) >= 11 is 0. The molecule has 2 rings (SSSR count). The first-order chi connectivity index (χ1) is 26.6. The average molecular weight is 816 g/mol. The molecule has 2 saturated carbocycles. The van der Waals surface area contributed by atoms with E-state index < -0.39 is 75.9 Å². The molecule has 0 saturated heterocycles. The van der Waals surface area contributed by atoms with Gasteiger partial charge in [0.15, 0.2) is 5.78 Å². The second-order valence-electron chi connectivity index (χ2n) is 21.6. The van der Waals surface area contributed by atoms with Crippen LogP contribution in [0.2, 0.25) is 0 Å². The highest BCUT2D eigenvalue weighted by Gasteiger charge is 2.53. The van der Waals surface area contributed by atoms with E-state index in [1.165, 1.54) is 24.2 Å². The van der Waals surface area contributed by atoms with Gasteiger partial charge in [0.2, 0.25) is 17.7 Å². The molecular weight excluding hydrogens is 735 g/mol. The maximum atomic E-state index is 14.6. The van der Waals surface area contributed by atoms with Gasteiger partial charge in [-0.05, 0) is 48.3 Å². The SMILES string of the molecule is CC[C@@H](NC(=O)[C@@H](CC(=O)[C@@H](CC(=O)[C@@H](NC(=O)[C@H](C(C)C)N(C)C(=O)[C@H](C)CC1CCCCC1)C(C)(C)C)CC(=O)C(C)(C)C)C1(C(=O)O)CCCC1)C(C)(C)C. The first-order valence-corrected chi connectivity index (χ1v) is 22.3. The van der Waals surface area contributed by atoms with Gasteiger partial charge in [-0.3, -0.25) is 33.6 Å². The summed E-state index contributed by atoms with van der Waals surface area (Å²) in [6.07, 6.45) is 7.81. The van der Waals surface area contributed by atoms with Crippen LogP contribution in [-0.2, 0) is 33.6 Å². The number of carbonyl (C=O) groups is 7. The molecule has 0 aromatic heterocycles. The Morgan fingerprint density at radius 3 is 1.72 bits per heavy atom. The maximum Gasteiger partial charge on any atom is 0.310 e. The van der Waals surface area contributed by atoms with Crippen molar-refractivity contribution in [1.29, 1.82) is 0 Å². The van der Waals surface area contributed by atoms with Crippen LogP contribution >= 0.6 is 0 Å². The molecular formula is C47H81N3O8. The fourth-order valence-electron chi connectivity index (χ4n) is 9.46. The van der Waals surface area contributed by atoms with Crippen molar-refractivity contribution >= 4 is 41.0 Å². The molecule has 0 spiro atoms. The third-order valence-electron chi connectivity index (χ3n) is 13.2. The zero-order valence-corrected chi connectivity index (χ0v) is 38.8. The minimum atomic E-state index is -1.45. The Bertz CT molecular complexity index is 1450. The maximum absolute atomic E-state index is 14.6. The van der Waals surface area contributed by atoms with Crippen molar-refractivity contribution in [2.24, 2.45) is 51.2 Å². The number of carboxylic acids is 1. The standard InChI is InChI=1S/C47H81N3O8/c1-15-36(44(5,6)7)48-40(54)33(47(43(57)58)23-19-20-24-47)28-34(51)32(27-37(53)45(8,9)10)26-35(52)39(46(11,12)13)49-41(55)38(29(2)3)50(14)42(56)30(4)25-31-21-17-16-18-22-31/h29-33,36,38-39H,15-28H2,1-14H3,(H,48,54)(H,49,55)(H,57,58)/t30-,32+,33-,36-,38+,39-/m1/s1. The molecule has 11 nitrogen and oxygen atoms in total. The minimum absolute atomic E-state index is 0.114. The van der Waals surface area contributed by atoms with Gasteiger partial charge in [-0.15, -0.1) is 0 Å². The molecule has 58 heavy (non-hydrogen) atoms. The molecule has 0 aromatic carbocycles. The highest BCUT2D eigenvalue weighted by molar-refractivity contribution is 5.99. The van der Waals surface area contributed by atoms with E-state index in [0.29, 0.717) is 25.2 Å². The summed E-state index contributed by atoms with van der Waals surface area (Å²) in [6.45, 7) is 24.2. The van der Waals surface area contributed by atoms with E-state index in [0.717, 1.165) is 19.3 Å². The van der Waals surface area contributed by atoms with E-state index in [1.807, 2.05) is 69.2 Å². The molecule has 0 unspecified atom stereocenters. The van der Waals surface area contributed by atoms with Gasteiger partial charge in [0.25, 0.3) is 0 Å². The molecule has 0 aliphatic heterocycles. The summed E-state index contributed by atoms with van der Waals surface area (Å²) in [5.41, 5.74) is -3.42. The second kappa shape index (κ2) is 20.9. The van der Waals surface area contributed by atoms with Crippen molar-refractivity contribution in [2.45, 2.75) is 198 Å². The van der Waals surface area contributed by atoms with Crippen molar-refractivity contribution in [1.82, 2.24) is 15.5 Å². The smallest absolute Gasteiger partial charge is 0.310 e. The van der Waals surface area contributed by atoms with Crippen molar-refractivity contribution in [3.63, 3.8) is 0 Å². The third-order valence-corrected chi connectivity index (χ3v) is 13.2. The van der Waals surface area contributed by atoms with Crippen LogP contribution in [0.3, 0.4) is 0 Å². The van der Waals surface area contributed by atoms with Gasteiger partial charge >= 0.3 is 5.97 Å². The number of ketones is 3. The van der Waals surface area contributed by atoms with E-state index in [1.54, 1.807) is 27.8 Å². The van der Waals surface area contributed by atoms with Crippen LogP contribution in [0.1, 0.15) is 180 Å². The number of rotatable bonds is 20. The van der Waals surface area contributed by atoms with Gasteiger partial charge in [-0.25, -0.2) is 0 Å². The van der Waals surface area contributed by atoms with Crippen molar-refractivity contribution < 1.29 is 38.7 Å². The van der Waals surface area contributed by atoms with E-state index >= 15 is 0 Å². The quantitative estimate of drug-likeness (QED) is 0.110. The lowest BCUT2D eigenvalue weighted by Crippen LogP contribution is -2.58. The largest absolute Gasteiger partial charge is 0.481 e. The fraction of sp³-hybridized carbons (Fsp3) is 0.851. The molecule has 0 aromatic rings. The molecule has 0 heterocycles. The average Bonchev–Trinajstić information content (AvgIpc) is 3.61. The lowest BCUT2D eigenvalue weighted by molar-refractivity contribution is -0.158. The molecule has 2 fully saturated rings. The zero-order valence-electron chi connectivity index (χ0n) is 38.8. The van der Waals surface area contributed by atoms with Crippen LogP contribution in [0.15, 0.2) is 0 Å². The third kappa shape index (κ3) is 13.7.